The number of rotatable bonds is 9. The van der Waals surface area contributed by atoms with E-state index < -0.39 is 10.5 Å². The number of hydrogen-bond donors (Lipinski definition) is 1. The molecule has 1 aromatic carbocycles. The van der Waals surface area contributed by atoms with Crippen LogP contribution in [0.3, 0.4) is 0 Å². The van der Waals surface area contributed by atoms with Crippen LogP contribution in [0.1, 0.15) is 32.6 Å². The minimum atomic E-state index is -0.523. The Morgan fingerprint density at radius 3 is 2.76 bits per heavy atom. The van der Waals surface area contributed by atoms with Gasteiger partial charge in [-0.1, -0.05) is 38.8 Å². The average Bonchev–Trinajstić information content (AvgIpc) is 2.60. The molecule has 2 aromatic rings. The third-order valence-corrected chi connectivity index (χ3v) is 3.97. The van der Waals surface area contributed by atoms with Gasteiger partial charge >= 0.3 is 0 Å². The maximum Gasteiger partial charge on any atom is 0.297 e. The molecule has 1 aromatic heterocycles. The summed E-state index contributed by atoms with van der Waals surface area (Å²) in [6.07, 6.45) is 5.29. The molecule has 0 saturated heterocycles. The molecule has 1 heterocycles. The van der Waals surface area contributed by atoms with Crippen LogP contribution in [0.5, 0.6) is 11.5 Å². The molecule has 0 fully saturated rings. The van der Waals surface area contributed by atoms with Gasteiger partial charge in [-0.3, -0.25) is 14.9 Å². The Hall–Kier alpha value is -2.83. The quantitative estimate of drug-likeness (QED) is 0.323. The molecule has 2 rings (SSSR count). The molecule has 0 atom stereocenters. The standard InChI is InChI=1S/C18H22N2O5/c1-3-5-6-7-10-19-15-12-13(20(23)24)8-9-14(15)16(21)17(18(19)22)25-11-4-2/h4,8-9,12,21H,2-3,5-7,10-11H2,1H3. The van der Waals surface area contributed by atoms with Crippen molar-refractivity contribution >= 4 is 16.6 Å². The molecular weight excluding hydrogens is 324 g/mol. The van der Waals surface area contributed by atoms with Gasteiger partial charge in [0.2, 0.25) is 5.75 Å². The van der Waals surface area contributed by atoms with Crippen LogP contribution in [-0.4, -0.2) is 21.2 Å². The number of benzene rings is 1. The predicted molar refractivity (Wildman–Crippen MR) is 96.4 cm³/mol. The topological polar surface area (TPSA) is 94.6 Å². The highest BCUT2D eigenvalue weighted by atomic mass is 16.6. The lowest BCUT2D eigenvalue weighted by Crippen LogP contribution is -2.23. The van der Waals surface area contributed by atoms with Crippen LogP contribution < -0.4 is 10.3 Å². The Labute approximate surface area is 145 Å². The van der Waals surface area contributed by atoms with Gasteiger partial charge < -0.3 is 14.4 Å². The normalized spacial score (nSPS) is 10.8. The summed E-state index contributed by atoms with van der Waals surface area (Å²) in [6, 6.07) is 4.05. The van der Waals surface area contributed by atoms with E-state index in [1.165, 1.54) is 28.8 Å². The molecule has 0 aliphatic rings. The molecule has 1 N–H and O–H groups in total. The molecule has 7 nitrogen and oxygen atoms in total. The van der Waals surface area contributed by atoms with E-state index in [4.69, 9.17) is 4.74 Å². The zero-order chi connectivity index (χ0) is 18.4. The summed E-state index contributed by atoms with van der Waals surface area (Å²) in [5.41, 5.74) is -0.295. The third kappa shape index (κ3) is 3.99. The van der Waals surface area contributed by atoms with Crippen molar-refractivity contribution in [3.05, 3.63) is 51.3 Å². The minimum absolute atomic E-state index is 0.0805. The van der Waals surface area contributed by atoms with E-state index in [1.54, 1.807) is 0 Å². The molecule has 0 unspecified atom stereocenters. The second-order valence-electron chi connectivity index (χ2n) is 5.75. The Balaban J connectivity index is 2.61. The summed E-state index contributed by atoms with van der Waals surface area (Å²) in [4.78, 5) is 23.3. The van der Waals surface area contributed by atoms with Crippen molar-refractivity contribution in [3.63, 3.8) is 0 Å². The first-order valence-electron chi connectivity index (χ1n) is 8.28. The number of pyridine rings is 1. The fourth-order valence-corrected chi connectivity index (χ4v) is 2.70. The van der Waals surface area contributed by atoms with Crippen molar-refractivity contribution in [2.75, 3.05) is 6.61 Å². The summed E-state index contributed by atoms with van der Waals surface area (Å²) in [6.45, 7) is 6.10. The van der Waals surface area contributed by atoms with Gasteiger partial charge in [0.1, 0.15) is 6.61 Å². The van der Waals surface area contributed by atoms with Gasteiger partial charge in [0, 0.05) is 24.1 Å². The summed E-state index contributed by atoms with van der Waals surface area (Å²) in [7, 11) is 0. The van der Waals surface area contributed by atoms with Crippen molar-refractivity contribution in [1.29, 1.82) is 0 Å². The second-order valence-corrected chi connectivity index (χ2v) is 5.75. The van der Waals surface area contributed by atoms with Crippen LogP contribution in [0, 0.1) is 10.1 Å². The van der Waals surface area contributed by atoms with Gasteiger partial charge in [-0.15, -0.1) is 0 Å². The van der Waals surface area contributed by atoms with E-state index in [9.17, 15) is 20.0 Å². The van der Waals surface area contributed by atoms with Crippen molar-refractivity contribution in [2.45, 2.75) is 39.2 Å². The highest BCUT2D eigenvalue weighted by Crippen LogP contribution is 2.33. The number of ether oxygens (including phenoxy) is 1. The van der Waals surface area contributed by atoms with Crippen molar-refractivity contribution in [3.8, 4) is 11.5 Å². The number of nitro groups is 1. The summed E-state index contributed by atoms with van der Waals surface area (Å²) >= 11 is 0. The first kappa shape index (κ1) is 18.5. The second kappa shape index (κ2) is 8.32. The largest absolute Gasteiger partial charge is 0.504 e. The predicted octanol–water partition coefficient (Wildman–Crippen LogP) is 3.76. The van der Waals surface area contributed by atoms with Crippen LogP contribution in [0.4, 0.5) is 5.69 Å². The zero-order valence-electron chi connectivity index (χ0n) is 14.2. The molecular formula is C18H22N2O5. The Morgan fingerprint density at radius 2 is 2.12 bits per heavy atom. The number of non-ortho nitro benzene ring substituents is 1. The monoisotopic (exact) mass is 346 g/mol. The summed E-state index contributed by atoms with van der Waals surface area (Å²) in [5, 5.41) is 21.8. The maximum absolute atomic E-state index is 12.7. The number of unbranched alkanes of at least 4 members (excludes halogenated alkanes) is 3. The average molecular weight is 346 g/mol. The fourth-order valence-electron chi connectivity index (χ4n) is 2.70. The van der Waals surface area contributed by atoms with Crippen LogP contribution in [0.15, 0.2) is 35.6 Å². The number of nitrogens with zero attached hydrogens (tertiary/aromatic N) is 2. The Kier molecular flexibility index (Phi) is 6.16. The lowest BCUT2D eigenvalue weighted by Gasteiger charge is -2.15. The van der Waals surface area contributed by atoms with E-state index in [-0.39, 0.29) is 23.8 Å². The van der Waals surface area contributed by atoms with Gasteiger partial charge in [0.15, 0.2) is 5.75 Å². The molecule has 0 spiro atoms. The molecule has 0 amide bonds. The SMILES string of the molecule is C=CCOc1c(O)c2ccc([N+](=O)[O-])cc2n(CCCCCC)c1=O. The van der Waals surface area contributed by atoms with E-state index in [0.29, 0.717) is 17.4 Å². The van der Waals surface area contributed by atoms with Gasteiger partial charge in [0.05, 0.1) is 10.4 Å². The van der Waals surface area contributed by atoms with Crippen LogP contribution in [0.25, 0.3) is 10.9 Å². The van der Waals surface area contributed by atoms with E-state index in [0.717, 1.165) is 25.7 Å². The molecule has 0 bridgehead atoms. The number of fused-ring (bicyclic) bond motifs is 1. The Bertz CT molecular complexity index is 841. The van der Waals surface area contributed by atoms with Gasteiger partial charge in [-0.2, -0.15) is 0 Å². The number of hydrogen-bond acceptors (Lipinski definition) is 5. The Morgan fingerprint density at radius 1 is 1.36 bits per heavy atom. The molecule has 25 heavy (non-hydrogen) atoms. The number of nitro benzene ring substituents is 1. The van der Waals surface area contributed by atoms with Crippen LogP contribution >= 0.6 is 0 Å². The van der Waals surface area contributed by atoms with Crippen molar-refractivity contribution in [1.82, 2.24) is 4.57 Å². The number of aromatic nitrogens is 1. The van der Waals surface area contributed by atoms with E-state index >= 15 is 0 Å². The molecule has 134 valence electrons. The van der Waals surface area contributed by atoms with Crippen molar-refractivity contribution < 1.29 is 14.8 Å². The minimum Gasteiger partial charge on any atom is -0.504 e. The van der Waals surface area contributed by atoms with Gasteiger partial charge in [-0.25, -0.2) is 0 Å². The number of aryl methyl sites for hydroxylation is 1. The van der Waals surface area contributed by atoms with Crippen LogP contribution in [-0.2, 0) is 6.54 Å². The highest BCUT2D eigenvalue weighted by Gasteiger charge is 2.19. The third-order valence-electron chi connectivity index (χ3n) is 3.97. The van der Waals surface area contributed by atoms with Gasteiger partial charge in [0.25, 0.3) is 11.2 Å². The smallest absolute Gasteiger partial charge is 0.297 e. The van der Waals surface area contributed by atoms with Crippen LogP contribution in [0.2, 0.25) is 0 Å². The zero-order valence-corrected chi connectivity index (χ0v) is 14.2. The first-order chi connectivity index (χ1) is 12.0. The lowest BCUT2D eigenvalue weighted by molar-refractivity contribution is -0.384. The summed E-state index contributed by atoms with van der Waals surface area (Å²) in [5.74, 6) is -0.460. The van der Waals surface area contributed by atoms with E-state index in [2.05, 4.69) is 13.5 Å². The van der Waals surface area contributed by atoms with E-state index in [1.807, 2.05) is 0 Å². The molecule has 0 aliphatic carbocycles. The lowest BCUT2D eigenvalue weighted by atomic mass is 10.1. The fraction of sp³-hybridized carbons (Fsp3) is 0.389. The maximum atomic E-state index is 12.7. The molecule has 7 heteroatoms. The molecule has 0 radical (unpaired) electrons. The summed E-state index contributed by atoms with van der Waals surface area (Å²) < 4.78 is 6.78. The van der Waals surface area contributed by atoms with Gasteiger partial charge in [-0.05, 0) is 12.5 Å². The first-order valence-corrected chi connectivity index (χ1v) is 8.28. The molecule has 0 saturated carbocycles. The van der Waals surface area contributed by atoms with Crippen molar-refractivity contribution in [2.24, 2.45) is 0 Å². The highest BCUT2D eigenvalue weighted by molar-refractivity contribution is 5.89. The number of aromatic hydroxyl groups is 1. The molecule has 0 aliphatic heterocycles.